The van der Waals surface area contributed by atoms with Crippen molar-refractivity contribution in [1.82, 2.24) is 20.0 Å². The topological polar surface area (TPSA) is 72.1 Å². The van der Waals surface area contributed by atoms with Gasteiger partial charge in [-0.25, -0.2) is 0 Å². The Labute approximate surface area is 155 Å². The molecular formula is C19H20N4O2S. The summed E-state index contributed by atoms with van der Waals surface area (Å²) in [6.45, 7) is 0.736. The molecule has 3 aromatic rings. The first-order valence-electron chi connectivity index (χ1n) is 8.87. The van der Waals surface area contributed by atoms with Gasteiger partial charge in [0.05, 0.1) is 6.42 Å². The standard InChI is InChI=1S/C19H20N4O2S/c24-17(12-15-7-5-11-26-15)23-10-3-1-2-8-16(23)19-21-18(22-25-19)14-6-4-9-20-13-14/h4-7,9,11,13,16H,1-3,8,10,12H2. The highest BCUT2D eigenvalue weighted by atomic mass is 32.1. The van der Waals surface area contributed by atoms with E-state index < -0.39 is 0 Å². The molecule has 26 heavy (non-hydrogen) atoms. The number of nitrogens with zero attached hydrogens (tertiary/aromatic N) is 4. The maximum absolute atomic E-state index is 12.9. The smallest absolute Gasteiger partial charge is 0.249 e. The third kappa shape index (κ3) is 3.67. The van der Waals surface area contributed by atoms with Crippen molar-refractivity contribution in [2.75, 3.05) is 6.54 Å². The summed E-state index contributed by atoms with van der Waals surface area (Å²) in [4.78, 5) is 24.6. The van der Waals surface area contributed by atoms with E-state index in [-0.39, 0.29) is 11.9 Å². The molecule has 1 fully saturated rings. The van der Waals surface area contributed by atoms with E-state index >= 15 is 0 Å². The molecular weight excluding hydrogens is 348 g/mol. The Balaban J connectivity index is 1.57. The Morgan fingerprint density at radius 3 is 3.04 bits per heavy atom. The fourth-order valence-corrected chi connectivity index (χ4v) is 4.01. The number of carbonyl (C=O) groups excluding carboxylic acids is 1. The lowest BCUT2D eigenvalue weighted by molar-refractivity contribution is -0.133. The van der Waals surface area contributed by atoms with Crippen molar-refractivity contribution in [3.63, 3.8) is 0 Å². The summed E-state index contributed by atoms with van der Waals surface area (Å²) in [5.41, 5.74) is 0.813. The van der Waals surface area contributed by atoms with Gasteiger partial charge < -0.3 is 9.42 Å². The second-order valence-electron chi connectivity index (χ2n) is 6.41. The molecule has 1 aliphatic heterocycles. The monoisotopic (exact) mass is 368 g/mol. The van der Waals surface area contributed by atoms with Gasteiger partial charge in [0.25, 0.3) is 0 Å². The molecule has 134 valence electrons. The van der Waals surface area contributed by atoms with Gasteiger partial charge in [0, 0.05) is 29.4 Å². The number of hydrogen-bond donors (Lipinski definition) is 0. The van der Waals surface area contributed by atoms with Crippen LogP contribution in [0.5, 0.6) is 0 Å². The molecule has 3 aromatic heterocycles. The Morgan fingerprint density at radius 1 is 1.27 bits per heavy atom. The summed E-state index contributed by atoms with van der Waals surface area (Å²) in [6, 6.07) is 7.57. The average molecular weight is 368 g/mol. The van der Waals surface area contributed by atoms with E-state index in [2.05, 4.69) is 15.1 Å². The molecule has 0 aliphatic carbocycles. The van der Waals surface area contributed by atoms with Crippen LogP contribution in [0.2, 0.25) is 0 Å². The van der Waals surface area contributed by atoms with E-state index in [4.69, 9.17) is 4.52 Å². The first-order valence-corrected chi connectivity index (χ1v) is 9.75. The first kappa shape index (κ1) is 16.9. The highest BCUT2D eigenvalue weighted by Crippen LogP contribution is 2.31. The fourth-order valence-electron chi connectivity index (χ4n) is 3.31. The number of pyridine rings is 1. The zero-order valence-electron chi connectivity index (χ0n) is 14.4. The van der Waals surface area contributed by atoms with Crippen molar-refractivity contribution in [3.8, 4) is 11.4 Å². The summed E-state index contributed by atoms with van der Waals surface area (Å²) in [5, 5.41) is 6.10. The van der Waals surface area contributed by atoms with Crippen molar-refractivity contribution in [2.45, 2.75) is 38.1 Å². The maximum atomic E-state index is 12.9. The SMILES string of the molecule is O=C(Cc1cccs1)N1CCCCCC1c1nc(-c2cccnc2)no1. The van der Waals surface area contributed by atoms with Gasteiger partial charge in [0.15, 0.2) is 0 Å². The van der Waals surface area contributed by atoms with Crippen molar-refractivity contribution in [1.29, 1.82) is 0 Å². The number of amides is 1. The molecule has 1 aliphatic rings. The van der Waals surface area contributed by atoms with Gasteiger partial charge in [-0.2, -0.15) is 4.98 Å². The maximum Gasteiger partial charge on any atom is 0.249 e. The normalized spacial score (nSPS) is 17.8. The number of rotatable bonds is 4. The largest absolute Gasteiger partial charge is 0.337 e. The Kier molecular flexibility index (Phi) is 5.06. The molecule has 0 spiro atoms. The van der Waals surface area contributed by atoms with Crippen LogP contribution in [-0.2, 0) is 11.2 Å². The predicted molar refractivity (Wildman–Crippen MR) is 98.5 cm³/mol. The van der Waals surface area contributed by atoms with E-state index in [1.54, 1.807) is 23.7 Å². The zero-order chi connectivity index (χ0) is 17.8. The van der Waals surface area contributed by atoms with Gasteiger partial charge >= 0.3 is 0 Å². The van der Waals surface area contributed by atoms with Crippen LogP contribution in [0.3, 0.4) is 0 Å². The average Bonchev–Trinajstić information content (AvgIpc) is 3.30. The van der Waals surface area contributed by atoms with Crippen molar-refractivity contribution in [2.24, 2.45) is 0 Å². The predicted octanol–water partition coefficient (Wildman–Crippen LogP) is 3.88. The minimum absolute atomic E-state index is 0.125. The van der Waals surface area contributed by atoms with Gasteiger partial charge in [-0.05, 0) is 36.4 Å². The molecule has 0 saturated carbocycles. The molecule has 1 saturated heterocycles. The number of thiophene rings is 1. The molecule has 4 rings (SSSR count). The second-order valence-corrected chi connectivity index (χ2v) is 7.44. The third-order valence-corrected chi connectivity index (χ3v) is 5.50. The highest BCUT2D eigenvalue weighted by Gasteiger charge is 2.31. The first-order chi connectivity index (χ1) is 12.8. The minimum Gasteiger partial charge on any atom is -0.337 e. The van der Waals surface area contributed by atoms with Crippen LogP contribution in [-0.4, -0.2) is 32.5 Å². The van der Waals surface area contributed by atoms with Crippen LogP contribution < -0.4 is 0 Å². The van der Waals surface area contributed by atoms with E-state index in [0.29, 0.717) is 18.1 Å². The number of hydrogen-bond acceptors (Lipinski definition) is 6. The molecule has 0 radical (unpaired) electrons. The van der Waals surface area contributed by atoms with Gasteiger partial charge in [0.1, 0.15) is 6.04 Å². The summed E-state index contributed by atoms with van der Waals surface area (Å²) in [6.07, 6.45) is 7.88. The quantitative estimate of drug-likeness (QED) is 0.699. The summed E-state index contributed by atoms with van der Waals surface area (Å²) >= 11 is 1.61. The van der Waals surface area contributed by atoms with Gasteiger partial charge in [-0.1, -0.05) is 24.1 Å². The summed E-state index contributed by atoms with van der Waals surface area (Å²) < 4.78 is 5.55. The van der Waals surface area contributed by atoms with Crippen molar-refractivity contribution >= 4 is 17.2 Å². The van der Waals surface area contributed by atoms with Crippen LogP contribution in [0.15, 0.2) is 46.6 Å². The third-order valence-electron chi connectivity index (χ3n) is 4.63. The molecule has 0 aromatic carbocycles. The highest BCUT2D eigenvalue weighted by molar-refractivity contribution is 7.10. The van der Waals surface area contributed by atoms with E-state index in [9.17, 15) is 4.79 Å². The molecule has 1 atom stereocenters. The van der Waals surface area contributed by atoms with E-state index in [1.165, 1.54) is 0 Å². The van der Waals surface area contributed by atoms with Crippen LogP contribution in [0.1, 0.15) is 42.5 Å². The van der Waals surface area contributed by atoms with Crippen molar-refractivity contribution in [3.05, 3.63) is 52.8 Å². The number of likely N-dealkylation sites (tertiary alicyclic amines) is 1. The van der Waals surface area contributed by atoms with Crippen LogP contribution in [0.4, 0.5) is 0 Å². The zero-order valence-corrected chi connectivity index (χ0v) is 15.2. The van der Waals surface area contributed by atoms with Crippen LogP contribution in [0, 0.1) is 0 Å². The summed E-state index contributed by atoms with van der Waals surface area (Å²) in [7, 11) is 0. The molecule has 4 heterocycles. The van der Waals surface area contributed by atoms with Crippen LogP contribution >= 0.6 is 11.3 Å². The van der Waals surface area contributed by atoms with E-state index in [0.717, 1.165) is 42.7 Å². The van der Waals surface area contributed by atoms with Gasteiger partial charge in [0.2, 0.25) is 17.6 Å². The molecule has 1 amide bonds. The Bertz CT molecular complexity index is 848. The minimum atomic E-state index is -0.150. The molecule has 0 bridgehead atoms. The van der Waals surface area contributed by atoms with Crippen molar-refractivity contribution < 1.29 is 9.32 Å². The Morgan fingerprint density at radius 2 is 2.23 bits per heavy atom. The van der Waals surface area contributed by atoms with Crippen LogP contribution in [0.25, 0.3) is 11.4 Å². The fraction of sp³-hybridized carbons (Fsp3) is 0.368. The second kappa shape index (κ2) is 7.78. The molecule has 1 unspecified atom stereocenters. The molecule has 6 nitrogen and oxygen atoms in total. The number of aromatic nitrogens is 3. The summed E-state index contributed by atoms with van der Waals surface area (Å²) in [5.74, 6) is 1.16. The van der Waals surface area contributed by atoms with Gasteiger partial charge in [-0.15, -0.1) is 11.3 Å². The lowest BCUT2D eigenvalue weighted by Crippen LogP contribution is -2.36. The Hall–Kier alpha value is -2.54. The molecule has 7 heteroatoms. The molecule has 0 N–H and O–H groups in total. The lowest BCUT2D eigenvalue weighted by atomic mass is 10.1. The van der Waals surface area contributed by atoms with Gasteiger partial charge in [-0.3, -0.25) is 9.78 Å². The van der Waals surface area contributed by atoms with E-state index in [1.807, 2.05) is 34.5 Å². The lowest BCUT2D eigenvalue weighted by Gasteiger charge is -2.27. The number of carbonyl (C=O) groups is 1.